The lowest BCUT2D eigenvalue weighted by molar-refractivity contribution is 0.0523. The van der Waals surface area contributed by atoms with E-state index in [1.807, 2.05) is 0 Å². The quantitative estimate of drug-likeness (QED) is 0.729. The molecule has 1 aromatic carbocycles. The number of rotatable bonds is 2. The Labute approximate surface area is 85.7 Å². The maximum absolute atomic E-state index is 11.4. The van der Waals surface area contributed by atoms with Gasteiger partial charge in [-0.3, -0.25) is 0 Å². The van der Waals surface area contributed by atoms with Crippen molar-refractivity contribution >= 4 is 17.0 Å². The number of ether oxygens (including phenoxy) is 1. The number of phenolic OH excluding ortho intramolecular Hbond substituents is 1. The molecule has 0 aliphatic carbocycles. The van der Waals surface area contributed by atoms with Gasteiger partial charge in [0.25, 0.3) is 0 Å². The maximum Gasteiger partial charge on any atom is 0.341 e. The summed E-state index contributed by atoms with van der Waals surface area (Å²) in [6.45, 7) is 1.99. The molecule has 1 heterocycles. The highest BCUT2D eigenvalue weighted by Crippen LogP contribution is 2.23. The highest BCUT2D eigenvalue weighted by atomic mass is 16.5. The van der Waals surface area contributed by atoms with Crippen LogP contribution < -0.4 is 0 Å². The van der Waals surface area contributed by atoms with Crippen LogP contribution in [0.4, 0.5) is 0 Å². The summed E-state index contributed by atoms with van der Waals surface area (Å²) in [6.07, 6.45) is 1.50. The molecule has 0 aliphatic heterocycles. The molecule has 78 valence electrons. The number of aromatic hydroxyl groups is 1. The number of carbonyl (C=O) groups is 1. The average molecular weight is 206 g/mol. The van der Waals surface area contributed by atoms with Crippen molar-refractivity contribution in [2.75, 3.05) is 6.61 Å². The molecule has 2 rings (SSSR count). The Bertz CT molecular complexity index is 504. The summed E-state index contributed by atoms with van der Waals surface area (Å²) in [5.74, 6) is -0.653. The number of H-pyrrole nitrogens is 1. The van der Waals surface area contributed by atoms with Gasteiger partial charge in [0.15, 0.2) is 0 Å². The van der Waals surface area contributed by atoms with E-state index in [-0.39, 0.29) is 17.9 Å². The van der Waals surface area contributed by atoms with Crippen LogP contribution in [0, 0.1) is 0 Å². The average Bonchev–Trinajstić information content (AvgIpc) is 2.63. The lowest BCUT2D eigenvalue weighted by atomic mass is 10.2. The molecule has 0 spiro atoms. The molecule has 0 radical (unpaired) electrons. The van der Waals surface area contributed by atoms with E-state index >= 15 is 0 Å². The van der Waals surface area contributed by atoms with E-state index in [0.717, 1.165) is 0 Å². The van der Waals surface area contributed by atoms with Crippen LogP contribution in [0.1, 0.15) is 17.3 Å². The molecule has 0 amide bonds. The standard InChI is InChI=1S/C10H10N2O3/c1-2-15-10(14)6-3-7-8(4-9(6)13)12-5-11-7/h3-5,13H,2H2,1H3,(H,11,12). The van der Waals surface area contributed by atoms with Gasteiger partial charge in [-0.05, 0) is 13.0 Å². The number of hydrogen-bond acceptors (Lipinski definition) is 4. The van der Waals surface area contributed by atoms with Crippen LogP contribution in [0.3, 0.4) is 0 Å². The molecule has 0 saturated heterocycles. The Morgan fingerprint density at radius 3 is 3.13 bits per heavy atom. The maximum atomic E-state index is 11.4. The Hall–Kier alpha value is -2.04. The van der Waals surface area contributed by atoms with Crippen LogP contribution in [0.2, 0.25) is 0 Å². The first-order chi connectivity index (χ1) is 7.22. The number of aromatic nitrogens is 2. The summed E-state index contributed by atoms with van der Waals surface area (Å²) in [5, 5.41) is 9.57. The number of benzene rings is 1. The van der Waals surface area contributed by atoms with Crippen molar-refractivity contribution in [2.45, 2.75) is 6.92 Å². The molecule has 0 saturated carbocycles. The fourth-order valence-electron chi connectivity index (χ4n) is 1.34. The van der Waals surface area contributed by atoms with Crippen LogP contribution in [0.5, 0.6) is 5.75 Å². The topological polar surface area (TPSA) is 75.2 Å². The number of aromatic amines is 1. The highest BCUT2D eigenvalue weighted by molar-refractivity contribution is 5.96. The molecule has 2 N–H and O–H groups in total. The number of hydrogen-bond donors (Lipinski definition) is 2. The SMILES string of the molecule is CCOC(=O)c1cc2[nH]cnc2cc1O. The molecule has 0 bridgehead atoms. The van der Waals surface area contributed by atoms with E-state index in [9.17, 15) is 9.90 Å². The van der Waals surface area contributed by atoms with Gasteiger partial charge in [-0.1, -0.05) is 0 Å². The number of imidazole rings is 1. The molecule has 0 aliphatic rings. The Balaban J connectivity index is 2.50. The molecule has 0 unspecified atom stereocenters. The number of phenols is 1. The van der Waals surface area contributed by atoms with Gasteiger partial charge < -0.3 is 14.8 Å². The summed E-state index contributed by atoms with van der Waals surface area (Å²) in [5.41, 5.74) is 1.45. The van der Waals surface area contributed by atoms with Crippen molar-refractivity contribution < 1.29 is 14.6 Å². The first-order valence-electron chi connectivity index (χ1n) is 4.55. The first-order valence-corrected chi connectivity index (χ1v) is 4.55. The van der Waals surface area contributed by atoms with Crippen molar-refractivity contribution in [3.05, 3.63) is 24.0 Å². The minimum absolute atomic E-state index is 0.118. The third kappa shape index (κ3) is 1.63. The number of fused-ring (bicyclic) bond motifs is 1. The van der Waals surface area contributed by atoms with Crippen LogP contribution in [0.15, 0.2) is 18.5 Å². The highest BCUT2D eigenvalue weighted by Gasteiger charge is 2.13. The lowest BCUT2D eigenvalue weighted by Crippen LogP contribution is -2.04. The molecular weight excluding hydrogens is 196 g/mol. The second-order valence-corrected chi connectivity index (χ2v) is 3.01. The molecule has 15 heavy (non-hydrogen) atoms. The third-order valence-corrected chi connectivity index (χ3v) is 2.03. The normalized spacial score (nSPS) is 10.5. The van der Waals surface area contributed by atoms with E-state index < -0.39 is 5.97 Å². The van der Waals surface area contributed by atoms with Gasteiger partial charge in [0.05, 0.1) is 24.0 Å². The van der Waals surface area contributed by atoms with Crippen LogP contribution in [-0.2, 0) is 4.74 Å². The van der Waals surface area contributed by atoms with Crippen molar-refractivity contribution in [3.63, 3.8) is 0 Å². The monoisotopic (exact) mass is 206 g/mol. The van der Waals surface area contributed by atoms with Crippen LogP contribution >= 0.6 is 0 Å². The summed E-state index contributed by atoms with van der Waals surface area (Å²) >= 11 is 0. The molecule has 5 nitrogen and oxygen atoms in total. The van der Waals surface area contributed by atoms with E-state index in [0.29, 0.717) is 11.0 Å². The summed E-state index contributed by atoms with van der Waals surface area (Å²) in [4.78, 5) is 18.2. The van der Waals surface area contributed by atoms with Gasteiger partial charge >= 0.3 is 5.97 Å². The summed E-state index contributed by atoms with van der Waals surface area (Å²) < 4.78 is 4.80. The number of esters is 1. The summed E-state index contributed by atoms with van der Waals surface area (Å²) in [6, 6.07) is 2.95. The van der Waals surface area contributed by atoms with Crippen LogP contribution in [-0.4, -0.2) is 27.7 Å². The molecule has 0 atom stereocenters. The Morgan fingerprint density at radius 2 is 2.40 bits per heavy atom. The minimum atomic E-state index is -0.536. The second kappa shape index (κ2) is 3.61. The zero-order valence-electron chi connectivity index (χ0n) is 8.15. The fraction of sp³-hybridized carbons (Fsp3) is 0.200. The predicted molar refractivity (Wildman–Crippen MR) is 53.7 cm³/mol. The largest absolute Gasteiger partial charge is 0.507 e. The van der Waals surface area contributed by atoms with Crippen molar-refractivity contribution in [2.24, 2.45) is 0 Å². The zero-order chi connectivity index (χ0) is 10.8. The van der Waals surface area contributed by atoms with E-state index in [4.69, 9.17) is 4.74 Å². The summed E-state index contributed by atoms with van der Waals surface area (Å²) in [7, 11) is 0. The van der Waals surface area contributed by atoms with Gasteiger partial charge in [-0.2, -0.15) is 0 Å². The third-order valence-electron chi connectivity index (χ3n) is 2.03. The van der Waals surface area contributed by atoms with Crippen LogP contribution in [0.25, 0.3) is 11.0 Å². The predicted octanol–water partition coefficient (Wildman–Crippen LogP) is 1.45. The fourth-order valence-corrected chi connectivity index (χ4v) is 1.34. The van der Waals surface area contributed by atoms with Crippen molar-refractivity contribution in [3.8, 4) is 5.75 Å². The lowest BCUT2D eigenvalue weighted by Gasteiger charge is -2.03. The van der Waals surface area contributed by atoms with E-state index in [1.54, 1.807) is 6.92 Å². The number of nitrogens with zero attached hydrogens (tertiary/aromatic N) is 1. The van der Waals surface area contributed by atoms with Gasteiger partial charge in [-0.25, -0.2) is 9.78 Å². The van der Waals surface area contributed by atoms with Gasteiger partial charge in [0.1, 0.15) is 11.3 Å². The molecule has 2 aromatic rings. The van der Waals surface area contributed by atoms with Gasteiger partial charge in [0.2, 0.25) is 0 Å². The first kappa shape index (κ1) is 9.51. The molecule has 5 heteroatoms. The minimum Gasteiger partial charge on any atom is -0.507 e. The van der Waals surface area contributed by atoms with Crippen molar-refractivity contribution in [1.82, 2.24) is 9.97 Å². The van der Waals surface area contributed by atoms with E-state index in [2.05, 4.69) is 9.97 Å². The smallest absolute Gasteiger partial charge is 0.341 e. The zero-order valence-corrected chi connectivity index (χ0v) is 8.15. The van der Waals surface area contributed by atoms with Crippen molar-refractivity contribution in [1.29, 1.82) is 0 Å². The molecular formula is C10H10N2O3. The Kier molecular flexibility index (Phi) is 2.29. The molecule has 0 fully saturated rings. The Morgan fingerprint density at radius 1 is 1.60 bits per heavy atom. The van der Waals surface area contributed by atoms with E-state index in [1.165, 1.54) is 18.5 Å². The second-order valence-electron chi connectivity index (χ2n) is 3.01. The number of carbonyl (C=O) groups excluding carboxylic acids is 1. The number of nitrogens with one attached hydrogen (secondary N) is 1. The molecule has 1 aromatic heterocycles. The van der Waals surface area contributed by atoms with Gasteiger partial charge in [0, 0.05) is 6.07 Å². The van der Waals surface area contributed by atoms with Gasteiger partial charge in [-0.15, -0.1) is 0 Å².